The van der Waals surface area contributed by atoms with Crippen LogP contribution in [0.4, 0.5) is 0 Å². The third kappa shape index (κ3) is 45.1. The largest absolute Gasteiger partial charge is 0.472 e. The van der Waals surface area contributed by atoms with Gasteiger partial charge in [0, 0.05) is 12.8 Å². The molecule has 3 N–H and O–H groups in total. The molecule has 4 atom stereocenters. The zero-order chi connectivity index (χ0) is 47.4. The molecule has 0 aromatic heterocycles. The van der Waals surface area contributed by atoms with Crippen molar-refractivity contribution in [1.29, 1.82) is 0 Å². The number of unbranched alkanes of at least 4 members (excludes halogenated alkanes) is 20. The lowest BCUT2D eigenvalue weighted by atomic mass is 10.0. The highest BCUT2D eigenvalue weighted by Gasteiger charge is 2.27. The molecule has 64 heavy (non-hydrogen) atoms. The molecule has 0 amide bonds. The van der Waals surface area contributed by atoms with E-state index in [0.29, 0.717) is 23.9 Å². The average molecular weight is 927 g/mol. The van der Waals surface area contributed by atoms with Crippen molar-refractivity contribution in [1.82, 2.24) is 0 Å². The van der Waals surface area contributed by atoms with Crippen LogP contribution in [0.2, 0.25) is 0 Å². The molecule has 0 aliphatic heterocycles. The van der Waals surface area contributed by atoms with Crippen LogP contribution in [0.5, 0.6) is 0 Å². The number of carbonyl (C=O) groups excluding carboxylic acids is 2. The summed E-state index contributed by atoms with van der Waals surface area (Å²) in [7, 11) is 1.32. The van der Waals surface area contributed by atoms with Crippen LogP contribution in [0, 0.1) is 0 Å². The summed E-state index contributed by atoms with van der Waals surface area (Å²) >= 11 is 0. The molecular weight excluding hydrogens is 830 g/mol. The number of aliphatic hydroxyl groups is 2. The zero-order valence-corrected chi connectivity index (χ0v) is 42.4. The number of nitrogens with zero attached hydrogens (tertiary/aromatic N) is 1. The van der Waals surface area contributed by atoms with E-state index in [1.165, 1.54) is 116 Å². The second kappa shape index (κ2) is 43.5. The summed E-state index contributed by atoms with van der Waals surface area (Å²) in [6.07, 6.45) is 44.7. The highest BCUT2D eigenvalue weighted by molar-refractivity contribution is 7.47. The molecule has 0 aromatic carbocycles. The molecule has 0 bridgehead atoms. The average Bonchev–Trinajstić information content (AvgIpc) is 3.24. The van der Waals surface area contributed by atoms with Gasteiger partial charge in [-0.25, -0.2) is 4.57 Å². The maximum atomic E-state index is 12.8. The van der Waals surface area contributed by atoms with Crippen LogP contribution in [0.15, 0.2) is 48.6 Å². The van der Waals surface area contributed by atoms with Crippen molar-refractivity contribution in [2.45, 2.75) is 225 Å². The standard InChI is InChI=1S/C52H96NO10P/c1-6-8-10-12-14-16-18-20-21-22-23-24-25-26-27-28-30-32-34-36-38-42-52(57)63-48(47-62-64(58,59)61-45-44-53(3,4)5)46-60-51(56)43-39-41-50(55)49(54)40-37-35-33-31-29-19-17-15-13-11-9-7-2/h15,17,20-21,29,31,35,37,48-50,54-55H,6-14,16,18-19,22-28,30,32-34,36,38-47H2,1-5H3/p+1/b17-15-,21-20-,31-29-,37-35-/t48-,49?,50?/m1/s1. The number of hydrogen-bond donors (Lipinski definition) is 3. The third-order valence-corrected chi connectivity index (χ3v) is 12.0. The van der Waals surface area contributed by atoms with Crippen molar-refractivity contribution < 1.29 is 52.3 Å². The van der Waals surface area contributed by atoms with E-state index in [1.54, 1.807) is 0 Å². The lowest BCUT2D eigenvalue weighted by Crippen LogP contribution is -2.37. The summed E-state index contributed by atoms with van der Waals surface area (Å²) < 4.78 is 34.2. The Bertz CT molecular complexity index is 1260. The highest BCUT2D eigenvalue weighted by Crippen LogP contribution is 2.43. The quantitative estimate of drug-likeness (QED) is 0.0177. The molecule has 0 heterocycles. The van der Waals surface area contributed by atoms with Gasteiger partial charge in [-0.15, -0.1) is 0 Å². The fourth-order valence-corrected chi connectivity index (χ4v) is 7.62. The van der Waals surface area contributed by atoms with Gasteiger partial charge in [0.05, 0.1) is 40.0 Å². The first kappa shape index (κ1) is 61.9. The lowest BCUT2D eigenvalue weighted by molar-refractivity contribution is -0.870. The van der Waals surface area contributed by atoms with Crippen molar-refractivity contribution >= 4 is 19.8 Å². The third-order valence-electron chi connectivity index (χ3n) is 11.0. The Balaban J connectivity index is 4.46. The minimum absolute atomic E-state index is 0.0141. The number of likely N-dealkylation sites (N-methyl/N-ethyl adjacent to an activating group) is 1. The van der Waals surface area contributed by atoms with Crippen molar-refractivity contribution in [3.63, 3.8) is 0 Å². The van der Waals surface area contributed by atoms with Crippen LogP contribution in [0.3, 0.4) is 0 Å². The Morgan fingerprint density at radius 2 is 1.00 bits per heavy atom. The number of esters is 2. The van der Waals surface area contributed by atoms with Gasteiger partial charge in [0.15, 0.2) is 6.10 Å². The molecule has 0 saturated heterocycles. The van der Waals surface area contributed by atoms with Crippen molar-refractivity contribution in [2.24, 2.45) is 0 Å². The monoisotopic (exact) mass is 927 g/mol. The fraction of sp³-hybridized carbons (Fsp3) is 0.808. The molecule has 12 heteroatoms. The van der Waals surface area contributed by atoms with E-state index in [0.717, 1.165) is 38.5 Å². The van der Waals surface area contributed by atoms with Gasteiger partial charge in [0.25, 0.3) is 0 Å². The van der Waals surface area contributed by atoms with Gasteiger partial charge in [-0.3, -0.25) is 18.6 Å². The van der Waals surface area contributed by atoms with E-state index in [4.69, 9.17) is 18.5 Å². The normalized spacial score (nSPS) is 14.8. The van der Waals surface area contributed by atoms with E-state index >= 15 is 0 Å². The Hall–Kier alpha value is -2.11. The SMILES string of the molecule is CCCCC/C=C\C/C=C\C/C=C\CC(O)C(O)CCCC(=O)OC[C@H](COP(=O)(O)OCC[N+](C)(C)C)OC(=O)CCCCCCCCCCCCC/C=C\CCCCCCCC. The smallest absolute Gasteiger partial charge is 0.462 e. The van der Waals surface area contributed by atoms with Crippen LogP contribution in [0.25, 0.3) is 0 Å². The van der Waals surface area contributed by atoms with Crippen molar-refractivity contribution in [3.05, 3.63) is 48.6 Å². The fourth-order valence-electron chi connectivity index (χ4n) is 6.88. The van der Waals surface area contributed by atoms with Gasteiger partial charge < -0.3 is 29.1 Å². The first-order valence-corrected chi connectivity index (χ1v) is 27.0. The Kier molecular flexibility index (Phi) is 42.0. The number of phosphoric acid groups is 1. The Morgan fingerprint density at radius 3 is 1.56 bits per heavy atom. The van der Waals surface area contributed by atoms with Crippen molar-refractivity contribution in [3.8, 4) is 0 Å². The molecule has 0 aromatic rings. The van der Waals surface area contributed by atoms with Gasteiger partial charge in [-0.05, 0) is 77.0 Å². The summed E-state index contributed by atoms with van der Waals surface area (Å²) in [6, 6.07) is 0. The summed E-state index contributed by atoms with van der Waals surface area (Å²) in [5.41, 5.74) is 0. The van der Waals surface area contributed by atoms with E-state index in [-0.39, 0.29) is 38.9 Å². The topological polar surface area (TPSA) is 149 Å². The van der Waals surface area contributed by atoms with Crippen molar-refractivity contribution in [2.75, 3.05) is 47.5 Å². The predicted molar refractivity (Wildman–Crippen MR) is 264 cm³/mol. The van der Waals surface area contributed by atoms with Crippen LogP contribution < -0.4 is 0 Å². The van der Waals surface area contributed by atoms with E-state index in [1.807, 2.05) is 33.3 Å². The number of rotatable bonds is 46. The molecule has 374 valence electrons. The minimum atomic E-state index is -4.45. The van der Waals surface area contributed by atoms with Gasteiger partial charge >= 0.3 is 19.8 Å². The number of ether oxygens (including phenoxy) is 2. The second-order valence-electron chi connectivity index (χ2n) is 18.5. The molecule has 0 radical (unpaired) electrons. The Labute approximate surface area is 391 Å². The molecule has 0 aliphatic carbocycles. The van der Waals surface area contributed by atoms with Gasteiger partial charge in [0.2, 0.25) is 0 Å². The molecule has 0 fully saturated rings. The first-order chi connectivity index (χ1) is 30.8. The molecule has 11 nitrogen and oxygen atoms in total. The first-order valence-electron chi connectivity index (χ1n) is 25.5. The molecule has 0 rings (SSSR count). The number of hydrogen-bond acceptors (Lipinski definition) is 9. The van der Waals surface area contributed by atoms with Gasteiger partial charge in [-0.2, -0.15) is 0 Å². The molecular formula is C52H97NO10P+. The van der Waals surface area contributed by atoms with Crippen LogP contribution in [-0.4, -0.2) is 97.3 Å². The van der Waals surface area contributed by atoms with E-state index < -0.39 is 44.7 Å². The second-order valence-corrected chi connectivity index (χ2v) is 20.0. The molecule has 0 saturated carbocycles. The summed E-state index contributed by atoms with van der Waals surface area (Å²) in [5.74, 6) is -1.08. The predicted octanol–water partition coefficient (Wildman–Crippen LogP) is 13.0. The van der Waals surface area contributed by atoms with E-state index in [9.17, 15) is 29.3 Å². The minimum Gasteiger partial charge on any atom is -0.462 e. The maximum Gasteiger partial charge on any atom is 0.472 e. The number of phosphoric ester groups is 1. The van der Waals surface area contributed by atoms with Crippen LogP contribution in [0.1, 0.15) is 206 Å². The summed E-state index contributed by atoms with van der Waals surface area (Å²) in [5, 5.41) is 20.8. The molecule has 0 spiro atoms. The van der Waals surface area contributed by atoms with Crippen LogP contribution in [-0.2, 0) is 32.7 Å². The maximum absolute atomic E-state index is 12.8. The molecule has 0 aliphatic rings. The number of allylic oxidation sites excluding steroid dienone is 7. The summed E-state index contributed by atoms with van der Waals surface area (Å²) in [6.45, 7) is 4.07. The van der Waals surface area contributed by atoms with Gasteiger partial charge in [0.1, 0.15) is 19.8 Å². The lowest BCUT2D eigenvalue weighted by Gasteiger charge is -2.24. The number of aliphatic hydroxyl groups excluding tert-OH is 2. The number of quaternary nitrogens is 1. The van der Waals surface area contributed by atoms with Crippen LogP contribution >= 0.6 is 7.82 Å². The molecule has 3 unspecified atom stereocenters. The highest BCUT2D eigenvalue weighted by atomic mass is 31.2. The zero-order valence-electron chi connectivity index (χ0n) is 41.5. The van der Waals surface area contributed by atoms with Gasteiger partial charge in [-0.1, -0.05) is 165 Å². The summed E-state index contributed by atoms with van der Waals surface area (Å²) in [4.78, 5) is 35.6. The van der Waals surface area contributed by atoms with E-state index in [2.05, 4.69) is 50.3 Å². The Morgan fingerprint density at radius 1 is 0.547 bits per heavy atom. The number of carbonyl (C=O) groups is 2.